The summed E-state index contributed by atoms with van der Waals surface area (Å²) in [5.74, 6) is 1.66. The molecule has 0 aliphatic carbocycles. The van der Waals surface area contributed by atoms with E-state index in [-0.39, 0.29) is 0 Å². The third kappa shape index (κ3) is 4.50. The first-order valence-electron chi connectivity index (χ1n) is 19.5. The summed E-state index contributed by atoms with van der Waals surface area (Å²) in [7, 11) is 0. The van der Waals surface area contributed by atoms with Crippen molar-refractivity contribution >= 4 is 74.6 Å². The van der Waals surface area contributed by atoms with Gasteiger partial charge in [-0.05, 0) is 0 Å². The van der Waals surface area contributed by atoms with Gasteiger partial charge in [0.2, 0.25) is 0 Å². The molecule has 0 spiro atoms. The predicted molar refractivity (Wildman–Crippen MR) is 239 cm³/mol. The summed E-state index contributed by atoms with van der Waals surface area (Å²) in [4.78, 5) is 11.5. The molecule has 0 saturated heterocycles. The first-order valence-corrected chi connectivity index (χ1v) is 23.7. The molecule has 8 aromatic carbocycles. The first kappa shape index (κ1) is 32.2. The second kappa shape index (κ2) is 12.5. The zero-order valence-electron chi connectivity index (χ0n) is 30.9. The van der Waals surface area contributed by atoms with Crippen molar-refractivity contribution in [1.82, 2.24) is 19.1 Å². The number of hydrogen-bond donors (Lipinski definition) is 0. The van der Waals surface area contributed by atoms with E-state index in [1.54, 1.807) is 0 Å². The first-order chi connectivity index (χ1) is 28.3. The summed E-state index contributed by atoms with van der Waals surface area (Å²) in [6.45, 7) is 0. The van der Waals surface area contributed by atoms with Gasteiger partial charge in [0, 0.05) is 0 Å². The Balaban J connectivity index is 1.32. The predicted octanol–water partition coefficient (Wildman–Crippen LogP) is 9.70. The van der Waals surface area contributed by atoms with Crippen LogP contribution in [0.1, 0.15) is 0 Å². The van der Waals surface area contributed by atoms with E-state index in [9.17, 15) is 0 Å². The van der Waals surface area contributed by atoms with E-state index in [1.165, 1.54) is 50.3 Å². The molecule has 266 valence electrons. The molecule has 0 unspecified atom stereocenters. The van der Waals surface area contributed by atoms with Crippen LogP contribution in [0.25, 0.3) is 77.6 Å². The summed E-state index contributed by atoms with van der Waals surface area (Å²) >= 11 is -3.77. The van der Waals surface area contributed by atoms with Crippen LogP contribution in [0, 0.1) is 0 Å². The van der Waals surface area contributed by atoms with Crippen LogP contribution in [0.4, 0.5) is 0 Å². The molecule has 0 saturated carbocycles. The number of benzene rings is 8. The van der Waals surface area contributed by atoms with E-state index in [1.807, 2.05) is 0 Å². The van der Waals surface area contributed by atoms with Crippen molar-refractivity contribution in [2.45, 2.75) is 0 Å². The minimum atomic E-state index is -3.77. The quantitative estimate of drug-likeness (QED) is 0.163. The van der Waals surface area contributed by atoms with Crippen LogP contribution in [-0.2, 0) is 0 Å². The molecule has 5 heteroatoms. The molecule has 1 aliphatic rings. The fraction of sp³-hybridized carbons (Fsp3) is 0. The Labute approximate surface area is 332 Å². The zero-order valence-corrected chi connectivity index (χ0v) is 33.0. The van der Waals surface area contributed by atoms with Gasteiger partial charge in [0.25, 0.3) is 0 Å². The van der Waals surface area contributed by atoms with Crippen LogP contribution >= 0.6 is 0 Å². The number of hydrogen-bond acceptors (Lipinski definition) is 2. The van der Waals surface area contributed by atoms with Crippen molar-refractivity contribution in [3.05, 3.63) is 206 Å². The van der Waals surface area contributed by atoms with Crippen molar-refractivity contribution in [3.63, 3.8) is 0 Å². The number of nitrogens with zero attached hydrogens (tertiary/aromatic N) is 4. The Bertz CT molecular complexity index is 3290. The van der Waals surface area contributed by atoms with Crippen molar-refractivity contribution in [3.8, 4) is 34.0 Å². The Morgan fingerprint density at radius 1 is 0.404 bits per heavy atom. The van der Waals surface area contributed by atoms with E-state index in [2.05, 4.69) is 215 Å². The second-order valence-corrected chi connectivity index (χ2v) is 22.6. The molecule has 4 nitrogen and oxygen atoms in total. The van der Waals surface area contributed by atoms with E-state index in [0.29, 0.717) is 0 Å². The third-order valence-corrected chi connectivity index (χ3v) is 21.9. The fourth-order valence-electron chi connectivity index (χ4n) is 9.71. The maximum absolute atomic E-state index is 5.79. The number of fused-ring (bicyclic) bond motifs is 10. The van der Waals surface area contributed by atoms with Gasteiger partial charge in [-0.1, -0.05) is 0 Å². The molecule has 0 radical (unpaired) electrons. The summed E-state index contributed by atoms with van der Waals surface area (Å²) in [6.07, 6.45) is 0. The second-order valence-electron chi connectivity index (χ2n) is 14.9. The normalized spacial score (nSPS) is 13.1. The van der Waals surface area contributed by atoms with Gasteiger partial charge < -0.3 is 0 Å². The van der Waals surface area contributed by atoms with E-state index >= 15 is 0 Å². The van der Waals surface area contributed by atoms with Crippen LogP contribution in [0.3, 0.4) is 0 Å². The van der Waals surface area contributed by atoms with Gasteiger partial charge in [0.15, 0.2) is 0 Å². The number of aromatic nitrogens is 4. The Morgan fingerprint density at radius 2 is 0.965 bits per heavy atom. The summed E-state index contributed by atoms with van der Waals surface area (Å²) in [5, 5.41) is 4.82. The van der Waals surface area contributed by atoms with Crippen molar-refractivity contribution in [2.75, 3.05) is 0 Å². The zero-order chi connectivity index (χ0) is 37.5. The molecule has 0 atom stereocenters. The molecule has 0 N–H and O–H groups in total. The van der Waals surface area contributed by atoms with Gasteiger partial charge >= 0.3 is 334 Å². The van der Waals surface area contributed by atoms with Gasteiger partial charge in [-0.15, -0.1) is 0 Å². The molecular formula is C52H34GeN4. The van der Waals surface area contributed by atoms with Gasteiger partial charge in [0.05, 0.1) is 0 Å². The molecule has 57 heavy (non-hydrogen) atoms. The number of para-hydroxylation sites is 3. The standard InChI is InChI=1S/C52H34GeN4/c1-5-19-35(20-6-1)51-54-50-48(41-28-13-16-30-43(41)53(50,36-21-7-2-8-22-36)37-23-9-3-10-24-37)52(55-51)57-44-31-17-14-27-39(44)40-33-34-46-47(49(40)57)42-29-15-18-32-45(42)56(46)38-25-11-4-12-26-38/h1-34H. The third-order valence-electron chi connectivity index (χ3n) is 12.0. The van der Waals surface area contributed by atoms with Gasteiger partial charge in [-0.2, -0.15) is 0 Å². The van der Waals surface area contributed by atoms with Gasteiger partial charge in [0.1, 0.15) is 0 Å². The van der Waals surface area contributed by atoms with E-state index < -0.39 is 13.3 Å². The van der Waals surface area contributed by atoms with Gasteiger partial charge in [-0.3, -0.25) is 0 Å². The summed E-state index contributed by atoms with van der Waals surface area (Å²) in [6, 6.07) is 75.0. The van der Waals surface area contributed by atoms with Crippen LogP contribution in [0.15, 0.2) is 206 Å². The minimum absolute atomic E-state index is 0.740. The monoisotopic (exact) mass is 788 g/mol. The maximum atomic E-state index is 5.79. The average molecular weight is 787 g/mol. The average Bonchev–Trinajstić information content (AvgIpc) is 3.92. The molecule has 3 aromatic heterocycles. The van der Waals surface area contributed by atoms with Crippen molar-refractivity contribution in [2.24, 2.45) is 0 Å². The molecule has 0 bridgehead atoms. The topological polar surface area (TPSA) is 35.6 Å². The Hall–Kier alpha value is -7.02. The van der Waals surface area contributed by atoms with Crippen LogP contribution in [-0.4, -0.2) is 32.4 Å². The fourth-order valence-corrected chi connectivity index (χ4v) is 20.2. The summed E-state index contributed by atoms with van der Waals surface area (Å²) < 4.78 is 10.2. The van der Waals surface area contributed by atoms with Crippen LogP contribution in [0.2, 0.25) is 0 Å². The van der Waals surface area contributed by atoms with Crippen molar-refractivity contribution < 1.29 is 0 Å². The van der Waals surface area contributed by atoms with E-state index in [0.717, 1.165) is 45.0 Å². The van der Waals surface area contributed by atoms with Crippen LogP contribution < -0.4 is 17.7 Å². The van der Waals surface area contributed by atoms with E-state index in [4.69, 9.17) is 9.97 Å². The number of rotatable bonds is 5. The molecular weight excluding hydrogens is 753 g/mol. The molecule has 0 fully saturated rings. The Kier molecular flexibility index (Phi) is 7.07. The van der Waals surface area contributed by atoms with Crippen molar-refractivity contribution in [1.29, 1.82) is 0 Å². The van der Waals surface area contributed by atoms with Gasteiger partial charge in [-0.25, -0.2) is 0 Å². The molecule has 12 rings (SSSR count). The molecule has 4 heterocycles. The SMILES string of the molecule is c1ccc(-c2nc(-n3c4ccccc4c4ccc5c(c6ccccc6n5-c5ccccc5)c43)c3[c](n2)[Ge]([c]2ccccc2)([c]2ccccc2)[c]2ccccc2-3)cc1. The molecule has 11 aromatic rings. The molecule has 0 amide bonds. The Morgan fingerprint density at radius 3 is 1.67 bits per heavy atom. The summed E-state index contributed by atoms with van der Waals surface area (Å²) in [5.41, 5.74) is 9.10. The molecule has 1 aliphatic heterocycles. The van der Waals surface area contributed by atoms with Crippen LogP contribution in [0.5, 0.6) is 0 Å².